The molecule has 1 aliphatic heterocycles. The van der Waals surface area contributed by atoms with E-state index in [4.69, 9.17) is 14.2 Å². The van der Waals surface area contributed by atoms with Crippen LogP contribution in [0.4, 0.5) is 5.69 Å². The van der Waals surface area contributed by atoms with Crippen LogP contribution >= 0.6 is 11.8 Å². The van der Waals surface area contributed by atoms with E-state index in [0.717, 1.165) is 16.8 Å². The fraction of sp³-hybridized carbons (Fsp3) is 0.292. The summed E-state index contributed by atoms with van der Waals surface area (Å²) in [7, 11) is 1.71. The van der Waals surface area contributed by atoms with Gasteiger partial charge in [0.1, 0.15) is 0 Å². The molecule has 8 heteroatoms. The summed E-state index contributed by atoms with van der Waals surface area (Å²) in [4.78, 5) is 31.0. The van der Waals surface area contributed by atoms with Gasteiger partial charge in [-0.2, -0.15) is 0 Å². The highest BCUT2D eigenvalue weighted by molar-refractivity contribution is 8.18. The quantitative estimate of drug-likeness (QED) is 0.430. The number of nitrogens with zero attached hydrogens (tertiary/aromatic N) is 2. The molecule has 168 valence electrons. The molecule has 7 nitrogen and oxygen atoms in total. The van der Waals surface area contributed by atoms with Crippen LogP contribution in [0.15, 0.2) is 52.4 Å². The number of hydrogen-bond acceptors (Lipinski definition) is 7. The number of amidine groups is 1. The van der Waals surface area contributed by atoms with Gasteiger partial charge >= 0.3 is 5.97 Å². The first kappa shape index (κ1) is 23.4. The first-order chi connectivity index (χ1) is 15.4. The molecule has 0 saturated carbocycles. The molecule has 0 aromatic heterocycles. The molecule has 0 bridgehead atoms. The van der Waals surface area contributed by atoms with Crippen LogP contribution in [0.25, 0.3) is 6.08 Å². The van der Waals surface area contributed by atoms with Crippen molar-refractivity contribution in [2.45, 2.75) is 20.8 Å². The number of thioether (sulfide) groups is 1. The topological polar surface area (TPSA) is 77.4 Å². The maximum Gasteiger partial charge on any atom is 0.344 e. The number of aryl methyl sites for hydroxylation is 1. The van der Waals surface area contributed by atoms with Crippen LogP contribution in [0, 0.1) is 6.92 Å². The molecule has 1 amide bonds. The second kappa shape index (κ2) is 10.9. The molecule has 1 fully saturated rings. The second-order valence-electron chi connectivity index (χ2n) is 6.94. The largest absolute Gasteiger partial charge is 0.490 e. The van der Waals surface area contributed by atoms with Crippen molar-refractivity contribution in [1.82, 2.24) is 4.90 Å². The second-order valence-corrected chi connectivity index (χ2v) is 7.95. The van der Waals surface area contributed by atoms with Crippen molar-refractivity contribution in [1.29, 1.82) is 0 Å². The Morgan fingerprint density at radius 3 is 2.50 bits per heavy atom. The Bertz CT molecular complexity index is 1050. The summed E-state index contributed by atoms with van der Waals surface area (Å²) >= 11 is 1.32. The third-order valence-corrected chi connectivity index (χ3v) is 5.54. The fourth-order valence-corrected chi connectivity index (χ4v) is 3.86. The molecule has 1 aliphatic rings. The summed E-state index contributed by atoms with van der Waals surface area (Å²) in [6, 6.07) is 13.1. The zero-order chi connectivity index (χ0) is 23.1. The van der Waals surface area contributed by atoms with Crippen LogP contribution in [-0.2, 0) is 14.3 Å². The van der Waals surface area contributed by atoms with E-state index < -0.39 is 5.97 Å². The normalized spacial score (nSPS) is 16.0. The molecule has 0 N–H and O–H groups in total. The molecule has 0 atom stereocenters. The van der Waals surface area contributed by atoms with Gasteiger partial charge in [0.2, 0.25) is 0 Å². The zero-order valence-corrected chi connectivity index (χ0v) is 19.4. The summed E-state index contributed by atoms with van der Waals surface area (Å²) in [5.41, 5.74) is 2.72. The number of carbonyl (C=O) groups is 2. The van der Waals surface area contributed by atoms with Gasteiger partial charge in [0, 0.05) is 7.05 Å². The van der Waals surface area contributed by atoms with Crippen molar-refractivity contribution in [3.63, 3.8) is 0 Å². The number of carbonyl (C=O) groups excluding carboxylic acids is 2. The lowest BCUT2D eigenvalue weighted by atomic mass is 10.2. The van der Waals surface area contributed by atoms with Crippen molar-refractivity contribution in [2.75, 3.05) is 26.9 Å². The van der Waals surface area contributed by atoms with Gasteiger partial charge in [0.05, 0.1) is 23.8 Å². The van der Waals surface area contributed by atoms with Crippen molar-refractivity contribution in [3.8, 4) is 11.5 Å². The highest BCUT2D eigenvalue weighted by Gasteiger charge is 2.30. The SMILES string of the molecule is CCOC(=O)COc1ccc(/C=C2/SC(=Nc3ccc(C)cc3)N(C)C2=O)cc1OCC. The number of benzene rings is 2. The standard InChI is InChI=1S/C24H26N2O5S/c1-5-29-20-13-17(9-12-19(20)31-15-22(27)30-6-2)14-21-23(28)26(4)24(32-21)25-18-10-7-16(3)8-11-18/h7-14H,5-6,15H2,1-4H3/b21-14+,25-24?. The Labute approximate surface area is 192 Å². The fourth-order valence-electron chi connectivity index (χ4n) is 2.87. The Morgan fingerprint density at radius 2 is 1.81 bits per heavy atom. The number of amides is 1. The summed E-state index contributed by atoms with van der Waals surface area (Å²) in [5.74, 6) is 0.355. The molecule has 0 radical (unpaired) electrons. The van der Waals surface area contributed by atoms with Gasteiger partial charge in [-0.05, 0) is 68.4 Å². The minimum atomic E-state index is -0.447. The van der Waals surface area contributed by atoms with Gasteiger partial charge in [0.25, 0.3) is 5.91 Å². The molecular formula is C24H26N2O5S. The Hall–Kier alpha value is -3.26. The number of ether oxygens (including phenoxy) is 3. The summed E-state index contributed by atoms with van der Waals surface area (Å²) in [5, 5.41) is 0.615. The monoisotopic (exact) mass is 454 g/mol. The van der Waals surface area contributed by atoms with Crippen LogP contribution < -0.4 is 9.47 Å². The predicted octanol–water partition coefficient (Wildman–Crippen LogP) is 4.57. The molecule has 3 rings (SSSR count). The van der Waals surface area contributed by atoms with E-state index >= 15 is 0 Å². The van der Waals surface area contributed by atoms with Crippen molar-refractivity contribution >= 4 is 40.6 Å². The van der Waals surface area contributed by atoms with Crippen LogP contribution in [0.1, 0.15) is 25.0 Å². The van der Waals surface area contributed by atoms with Gasteiger partial charge in [0.15, 0.2) is 23.3 Å². The minimum Gasteiger partial charge on any atom is -0.490 e. The summed E-state index contributed by atoms with van der Waals surface area (Å²) in [6.07, 6.45) is 1.79. The Kier molecular flexibility index (Phi) is 7.94. The average molecular weight is 455 g/mol. The Balaban J connectivity index is 1.80. The first-order valence-corrected chi connectivity index (χ1v) is 11.1. The molecule has 1 heterocycles. The highest BCUT2D eigenvalue weighted by atomic mass is 32.2. The zero-order valence-electron chi connectivity index (χ0n) is 18.6. The lowest BCUT2D eigenvalue weighted by molar-refractivity contribution is -0.145. The number of rotatable bonds is 8. The van der Waals surface area contributed by atoms with Gasteiger partial charge in [-0.1, -0.05) is 23.8 Å². The third kappa shape index (κ3) is 5.91. The average Bonchev–Trinajstić information content (AvgIpc) is 3.03. The maximum atomic E-state index is 12.7. The molecular weight excluding hydrogens is 428 g/mol. The van der Waals surface area contributed by atoms with E-state index in [2.05, 4.69) is 4.99 Å². The maximum absolute atomic E-state index is 12.7. The molecule has 1 saturated heterocycles. The van der Waals surface area contributed by atoms with Gasteiger partial charge < -0.3 is 14.2 Å². The van der Waals surface area contributed by atoms with E-state index in [1.165, 1.54) is 16.7 Å². The van der Waals surface area contributed by atoms with Gasteiger partial charge in [-0.15, -0.1) is 0 Å². The molecule has 2 aromatic rings. The highest BCUT2D eigenvalue weighted by Crippen LogP contribution is 2.35. The lowest BCUT2D eigenvalue weighted by Gasteiger charge is -2.12. The number of esters is 1. The summed E-state index contributed by atoms with van der Waals surface area (Å²) in [6.45, 7) is 6.14. The number of likely N-dealkylation sites (N-methyl/N-ethyl adjacent to an activating group) is 1. The number of aliphatic imine (C=N–C) groups is 1. The van der Waals surface area contributed by atoms with Gasteiger partial charge in [-0.3, -0.25) is 9.69 Å². The smallest absolute Gasteiger partial charge is 0.344 e. The molecule has 0 aliphatic carbocycles. The van der Waals surface area contributed by atoms with Crippen molar-refractivity contribution in [3.05, 3.63) is 58.5 Å². The van der Waals surface area contributed by atoms with Crippen LogP contribution in [0.3, 0.4) is 0 Å². The van der Waals surface area contributed by atoms with E-state index in [0.29, 0.717) is 34.8 Å². The van der Waals surface area contributed by atoms with E-state index in [1.54, 1.807) is 38.2 Å². The summed E-state index contributed by atoms with van der Waals surface area (Å²) < 4.78 is 16.1. The molecule has 2 aromatic carbocycles. The third-order valence-electron chi connectivity index (χ3n) is 4.48. The van der Waals surface area contributed by atoms with Crippen molar-refractivity contribution < 1.29 is 23.8 Å². The van der Waals surface area contributed by atoms with Crippen LogP contribution in [0.5, 0.6) is 11.5 Å². The molecule has 0 spiro atoms. The first-order valence-electron chi connectivity index (χ1n) is 10.3. The predicted molar refractivity (Wildman–Crippen MR) is 126 cm³/mol. The van der Waals surface area contributed by atoms with Crippen molar-refractivity contribution in [2.24, 2.45) is 4.99 Å². The number of hydrogen-bond donors (Lipinski definition) is 0. The lowest BCUT2D eigenvalue weighted by Crippen LogP contribution is -2.23. The van der Waals surface area contributed by atoms with E-state index in [9.17, 15) is 9.59 Å². The van der Waals surface area contributed by atoms with Gasteiger partial charge in [-0.25, -0.2) is 9.79 Å². The Morgan fingerprint density at radius 1 is 1.06 bits per heavy atom. The molecule has 32 heavy (non-hydrogen) atoms. The van der Waals surface area contributed by atoms with E-state index in [-0.39, 0.29) is 12.5 Å². The van der Waals surface area contributed by atoms with E-state index in [1.807, 2.05) is 38.1 Å². The molecule has 0 unspecified atom stereocenters. The van der Waals surface area contributed by atoms with Crippen LogP contribution in [-0.4, -0.2) is 48.8 Å². The minimum absolute atomic E-state index is 0.124. The van der Waals surface area contributed by atoms with Crippen LogP contribution in [0.2, 0.25) is 0 Å².